The summed E-state index contributed by atoms with van der Waals surface area (Å²) in [7, 11) is 0. The molecule has 4 rings (SSSR count). The van der Waals surface area contributed by atoms with Gasteiger partial charge in [-0.25, -0.2) is 0 Å². The van der Waals surface area contributed by atoms with E-state index in [9.17, 15) is 4.79 Å². The van der Waals surface area contributed by atoms with Crippen LogP contribution in [0, 0.1) is 6.92 Å². The van der Waals surface area contributed by atoms with Crippen LogP contribution in [0.2, 0.25) is 0 Å². The number of aromatic nitrogens is 1. The second-order valence-corrected chi connectivity index (χ2v) is 6.69. The van der Waals surface area contributed by atoms with Gasteiger partial charge in [-0.15, -0.1) is 0 Å². The summed E-state index contributed by atoms with van der Waals surface area (Å²) in [4.78, 5) is 20.3. The van der Waals surface area contributed by atoms with Crippen LogP contribution in [0.25, 0.3) is 10.9 Å². The number of hydrogen-bond donors (Lipinski definition) is 1. The zero-order valence-electron chi connectivity index (χ0n) is 14.5. The number of amides is 1. The normalized spacial score (nSPS) is 14.9. The maximum absolute atomic E-state index is 12.7. The topological polar surface area (TPSA) is 39.3 Å². The molecule has 1 amide bonds. The molecular weight excluding hydrogens is 310 g/mol. The van der Waals surface area contributed by atoms with Crippen molar-refractivity contribution in [1.82, 2.24) is 9.88 Å². The lowest BCUT2D eigenvalue weighted by atomic mass is 10.1. The first-order valence-corrected chi connectivity index (χ1v) is 8.86. The predicted octanol–water partition coefficient (Wildman–Crippen LogP) is 3.37. The van der Waals surface area contributed by atoms with Crippen molar-refractivity contribution >= 4 is 22.5 Å². The highest BCUT2D eigenvalue weighted by Gasteiger charge is 2.22. The van der Waals surface area contributed by atoms with Crippen LogP contribution in [0.15, 0.2) is 54.7 Å². The first-order chi connectivity index (χ1) is 12.2. The molecule has 1 fully saturated rings. The van der Waals surface area contributed by atoms with Crippen LogP contribution in [-0.4, -0.2) is 42.0 Å². The summed E-state index contributed by atoms with van der Waals surface area (Å²) < 4.78 is 0. The van der Waals surface area contributed by atoms with Crippen LogP contribution in [0.4, 0.5) is 5.69 Å². The summed E-state index contributed by atoms with van der Waals surface area (Å²) in [6.45, 7) is 5.50. The van der Waals surface area contributed by atoms with E-state index in [-0.39, 0.29) is 5.91 Å². The minimum Gasteiger partial charge on any atom is -0.368 e. The molecule has 4 heteroatoms. The number of H-pyrrole nitrogens is 1. The number of piperazine rings is 1. The third kappa shape index (κ3) is 3.12. The largest absolute Gasteiger partial charge is 0.368 e. The van der Waals surface area contributed by atoms with E-state index in [1.165, 1.54) is 11.3 Å². The number of rotatable bonds is 3. The molecule has 0 spiro atoms. The van der Waals surface area contributed by atoms with Crippen molar-refractivity contribution in [1.29, 1.82) is 0 Å². The van der Waals surface area contributed by atoms with Crippen molar-refractivity contribution in [2.24, 2.45) is 0 Å². The van der Waals surface area contributed by atoms with Crippen LogP contribution in [0.1, 0.15) is 11.1 Å². The van der Waals surface area contributed by atoms with Crippen LogP contribution in [0.5, 0.6) is 0 Å². The summed E-state index contributed by atoms with van der Waals surface area (Å²) in [5.41, 5.74) is 4.75. The van der Waals surface area contributed by atoms with Crippen molar-refractivity contribution in [2.75, 3.05) is 31.1 Å². The molecule has 4 nitrogen and oxygen atoms in total. The van der Waals surface area contributed by atoms with Crippen LogP contribution >= 0.6 is 0 Å². The van der Waals surface area contributed by atoms with Crippen molar-refractivity contribution in [3.63, 3.8) is 0 Å². The van der Waals surface area contributed by atoms with Gasteiger partial charge in [-0.2, -0.15) is 0 Å². The Bertz CT molecular complexity index is 891. The number of anilines is 1. The molecule has 1 saturated heterocycles. The number of carbonyl (C=O) groups is 1. The van der Waals surface area contributed by atoms with Gasteiger partial charge in [-0.3, -0.25) is 4.79 Å². The van der Waals surface area contributed by atoms with Gasteiger partial charge in [0, 0.05) is 49.0 Å². The van der Waals surface area contributed by atoms with Gasteiger partial charge in [0.1, 0.15) is 0 Å². The Hall–Kier alpha value is -2.75. The number of hydrogen-bond acceptors (Lipinski definition) is 2. The molecule has 1 aliphatic heterocycles. The molecule has 0 unspecified atom stereocenters. The Morgan fingerprint density at radius 2 is 1.72 bits per heavy atom. The van der Waals surface area contributed by atoms with Crippen LogP contribution < -0.4 is 4.90 Å². The average Bonchev–Trinajstić information content (AvgIpc) is 3.05. The number of nitrogens with one attached hydrogen (secondary N) is 1. The van der Waals surface area contributed by atoms with E-state index < -0.39 is 0 Å². The molecular formula is C21H23N3O. The van der Waals surface area contributed by atoms with Crippen molar-refractivity contribution in [3.8, 4) is 0 Å². The second-order valence-electron chi connectivity index (χ2n) is 6.69. The zero-order valence-corrected chi connectivity index (χ0v) is 14.5. The fourth-order valence-corrected chi connectivity index (χ4v) is 3.67. The fourth-order valence-electron chi connectivity index (χ4n) is 3.67. The minimum absolute atomic E-state index is 0.217. The fraction of sp³-hybridized carbons (Fsp3) is 0.286. The van der Waals surface area contributed by atoms with Gasteiger partial charge >= 0.3 is 0 Å². The molecule has 1 aromatic heterocycles. The Balaban J connectivity index is 1.41. The third-order valence-electron chi connectivity index (χ3n) is 5.11. The third-order valence-corrected chi connectivity index (χ3v) is 5.11. The molecule has 3 aromatic rings. The van der Waals surface area contributed by atoms with Gasteiger partial charge in [-0.05, 0) is 30.2 Å². The quantitative estimate of drug-likeness (QED) is 0.798. The second kappa shape index (κ2) is 6.63. The van der Waals surface area contributed by atoms with E-state index >= 15 is 0 Å². The maximum atomic E-state index is 12.7. The molecule has 0 aliphatic carbocycles. The van der Waals surface area contributed by atoms with E-state index in [0.29, 0.717) is 6.42 Å². The first-order valence-electron chi connectivity index (χ1n) is 8.86. The monoisotopic (exact) mass is 333 g/mol. The number of carbonyl (C=O) groups excluding carboxylic acids is 1. The standard InChI is InChI=1S/C21H23N3O/c1-16-6-2-5-9-20(16)23-10-12-24(13-11-23)21(25)14-17-15-22-19-8-4-3-7-18(17)19/h2-9,15,22H,10-14H2,1H3. The van der Waals surface area contributed by atoms with Gasteiger partial charge in [0.25, 0.3) is 0 Å². The van der Waals surface area contributed by atoms with Crippen molar-refractivity contribution in [3.05, 3.63) is 65.9 Å². The molecule has 2 aromatic carbocycles. The number of nitrogens with zero attached hydrogens (tertiary/aromatic N) is 2. The van der Waals surface area contributed by atoms with Gasteiger partial charge in [0.15, 0.2) is 0 Å². The Morgan fingerprint density at radius 3 is 2.52 bits per heavy atom. The lowest BCUT2D eigenvalue weighted by molar-refractivity contribution is -0.130. The summed E-state index contributed by atoms with van der Waals surface area (Å²) >= 11 is 0. The highest BCUT2D eigenvalue weighted by atomic mass is 16.2. The van der Waals surface area contributed by atoms with E-state index in [4.69, 9.17) is 0 Å². The molecule has 1 aliphatic rings. The molecule has 0 radical (unpaired) electrons. The van der Waals surface area contributed by atoms with Crippen LogP contribution in [0.3, 0.4) is 0 Å². The number of fused-ring (bicyclic) bond motifs is 1. The van der Waals surface area contributed by atoms with Crippen LogP contribution in [-0.2, 0) is 11.2 Å². The van der Waals surface area contributed by atoms with Gasteiger partial charge in [0.2, 0.25) is 5.91 Å². The maximum Gasteiger partial charge on any atom is 0.227 e. The summed E-state index contributed by atoms with van der Waals surface area (Å²) in [5.74, 6) is 0.217. The number of benzene rings is 2. The lowest BCUT2D eigenvalue weighted by Crippen LogP contribution is -2.49. The van der Waals surface area contributed by atoms with E-state index in [1.54, 1.807) is 0 Å². The molecule has 25 heavy (non-hydrogen) atoms. The Kier molecular flexibility index (Phi) is 4.18. The minimum atomic E-state index is 0.217. The molecule has 128 valence electrons. The number of para-hydroxylation sites is 2. The zero-order chi connectivity index (χ0) is 17.2. The predicted molar refractivity (Wildman–Crippen MR) is 102 cm³/mol. The van der Waals surface area contributed by atoms with E-state index in [0.717, 1.165) is 42.6 Å². The van der Waals surface area contributed by atoms with Gasteiger partial charge < -0.3 is 14.8 Å². The van der Waals surface area contributed by atoms with Gasteiger partial charge in [0.05, 0.1) is 6.42 Å². The molecule has 0 bridgehead atoms. The van der Waals surface area contributed by atoms with Gasteiger partial charge in [-0.1, -0.05) is 36.4 Å². The SMILES string of the molecule is Cc1ccccc1N1CCN(C(=O)Cc2c[nH]c3ccccc23)CC1. The van der Waals surface area contributed by atoms with Crippen molar-refractivity contribution in [2.45, 2.75) is 13.3 Å². The van der Waals surface area contributed by atoms with Crippen molar-refractivity contribution < 1.29 is 4.79 Å². The number of aryl methyl sites for hydroxylation is 1. The smallest absolute Gasteiger partial charge is 0.227 e. The van der Waals surface area contributed by atoms with E-state index in [2.05, 4.69) is 47.1 Å². The molecule has 0 atom stereocenters. The summed E-state index contributed by atoms with van der Waals surface area (Å²) in [6.07, 6.45) is 2.43. The highest BCUT2D eigenvalue weighted by molar-refractivity contribution is 5.89. The summed E-state index contributed by atoms with van der Waals surface area (Å²) in [6, 6.07) is 16.6. The molecule has 1 N–H and O–H groups in total. The van der Waals surface area contributed by atoms with E-state index in [1.807, 2.05) is 29.3 Å². The summed E-state index contributed by atoms with van der Waals surface area (Å²) in [5, 5.41) is 1.15. The lowest BCUT2D eigenvalue weighted by Gasteiger charge is -2.36. The highest BCUT2D eigenvalue weighted by Crippen LogP contribution is 2.22. The Labute approximate surface area is 148 Å². The average molecular weight is 333 g/mol. The molecule has 2 heterocycles. The number of aromatic amines is 1. The molecule has 0 saturated carbocycles. The first kappa shape index (κ1) is 15.8. The Morgan fingerprint density at radius 1 is 1.00 bits per heavy atom.